The van der Waals surface area contributed by atoms with Gasteiger partial charge in [0, 0.05) is 19.2 Å². The average molecular weight is 269 g/mol. The Balaban J connectivity index is 2.07. The summed E-state index contributed by atoms with van der Waals surface area (Å²) < 4.78 is 5.48. The van der Waals surface area contributed by atoms with E-state index in [1.54, 1.807) is 0 Å². The third kappa shape index (κ3) is 3.48. The van der Waals surface area contributed by atoms with E-state index in [4.69, 9.17) is 4.74 Å². The van der Waals surface area contributed by atoms with Gasteiger partial charge in [-0.3, -0.25) is 9.69 Å². The maximum absolute atomic E-state index is 11.7. The lowest BCUT2D eigenvalue weighted by molar-refractivity contribution is -0.160. The number of carboxylic acids is 1. The van der Waals surface area contributed by atoms with Crippen molar-refractivity contribution in [2.75, 3.05) is 26.3 Å². The first-order valence-electron chi connectivity index (χ1n) is 7.73. The van der Waals surface area contributed by atoms with E-state index in [1.165, 1.54) is 25.7 Å². The van der Waals surface area contributed by atoms with Crippen LogP contribution < -0.4 is 0 Å². The molecule has 0 aromatic carbocycles. The highest BCUT2D eigenvalue weighted by Crippen LogP contribution is 2.32. The highest BCUT2D eigenvalue weighted by molar-refractivity contribution is 5.75. The first-order valence-corrected chi connectivity index (χ1v) is 7.73. The summed E-state index contributed by atoms with van der Waals surface area (Å²) in [6.45, 7) is 5.03. The molecular formula is C15H27NO3. The molecular weight excluding hydrogens is 242 g/mol. The minimum Gasteiger partial charge on any atom is -0.481 e. The van der Waals surface area contributed by atoms with Gasteiger partial charge in [0.15, 0.2) is 0 Å². The number of carboxylic acid groups (broad SMARTS) is 1. The molecule has 2 fully saturated rings. The quantitative estimate of drug-likeness (QED) is 0.852. The number of carbonyl (C=O) groups is 1. The second kappa shape index (κ2) is 6.71. The summed E-state index contributed by atoms with van der Waals surface area (Å²) >= 11 is 0. The molecule has 0 saturated carbocycles. The maximum atomic E-state index is 11.7. The summed E-state index contributed by atoms with van der Waals surface area (Å²) in [5, 5.41) is 9.64. The lowest BCUT2D eigenvalue weighted by atomic mass is 9.81. The molecule has 4 nitrogen and oxygen atoms in total. The van der Waals surface area contributed by atoms with Crippen molar-refractivity contribution < 1.29 is 14.6 Å². The fourth-order valence-electron chi connectivity index (χ4n) is 3.51. The summed E-state index contributed by atoms with van der Waals surface area (Å²) in [5.74, 6) is -0.675. The fourth-order valence-corrected chi connectivity index (χ4v) is 3.51. The first-order chi connectivity index (χ1) is 9.18. The maximum Gasteiger partial charge on any atom is 0.313 e. The van der Waals surface area contributed by atoms with Crippen LogP contribution in [-0.4, -0.2) is 48.3 Å². The lowest BCUT2D eigenvalue weighted by Gasteiger charge is -2.40. The molecule has 0 aliphatic carbocycles. The van der Waals surface area contributed by atoms with E-state index in [0.29, 0.717) is 25.8 Å². The summed E-state index contributed by atoms with van der Waals surface area (Å²) in [5.41, 5.74) is -0.671. The molecule has 0 bridgehead atoms. The van der Waals surface area contributed by atoms with Crippen LogP contribution in [-0.2, 0) is 9.53 Å². The molecule has 2 unspecified atom stereocenters. The second-order valence-electron chi connectivity index (χ2n) is 6.12. The fraction of sp³-hybridized carbons (Fsp3) is 0.933. The molecule has 1 N–H and O–H groups in total. The topological polar surface area (TPSA) is 49.8 Å². The van der Waals surface area contributed by atoms with Crippen molar-refractivity contribution in [2.24, 2.45) is 5.41 Å². The SMILES string of the molecule is CCC1CCCCCN1CC1(C(=O)O)CCCOC1. The normalized spacial score (nSPS) is 33.8. The Labute approximate surface area is 116 Å². The van der Waals surface area contributed by atoms with Crippen molar-refractivity contribution in [3.63, 3.8) is 0 Å². The molecule has 0 radical (unpaired) electrons. The van der Waals surface area contributed by atoms with Crippen molar-refractivity contribution in [2.45, 2.75) is 57.9 Å². The Morgan fingerprint density at radius 1 is 1.37 bits per heavy atom. The van der Waals surface area contributed by atoms with Crippen molar-refractivity contribution >= 4 is 5.97 Å². The van der Waals surface area contributed by atoms with Crippen LogP contribution in [0, 0.1) is 5.41 Å². The molecule has 0 spiro atoms. The predicted molar refractivity (Wildman–Crippen MR) is 74.2 cm³/mol. The zero-order valence-corrected chi connectivity index (χ0v) is 12.1. The Morgan fingerprint density at radius 2 is 2.21 bits per heavy atom. The molecule has 0 aromatic rings. The summed E-state index contributed by atoms with van der Waals surface area (Å²) in [4.78, 5) is 14.2. The van der Waals surface area contributed by atoms with Gasteiger partial charge in [0.2, 0.25) is 0 Å². The van der Waals surface area contributed by atoms with E-state index in [1.807, 2.05) is 0 Å². The van der Waals surface area contributed by atoms with Crippen LogP contribution in [0.25, 0.3) is 0 Å². The van der Waals surface area contributed by atoms with Gasteiger partial charge < -0.3 is 9.84 Å². The van der Waals surface area contributed by atoms with E-state index in [2.05, 4.69) is 11.8 Å². The van der Waals surface area contributed by atoms with Gasteiger partial charge >= 0.3 is 5.97 Å². The van der Waals surface area contributed by atoms with Crippen LogP contribution in [0.15, 0.2) is 0 Å². The molecule has 0 aromatic heterocycles. The average Bonchev–Trinajstić information content (AvgIpc) is 2.64. The van der Waals surface area contributed by atoms with Crippen LogP contribution in [0.5, 0.6) is 0 Å². The smallest absolute Gasteiger partial charge is 0.313 e. The first kappa shape index (κ1) is 14.8. The standard InChI is InChI=1S/C15H27NO3/c1-2-13-7-4-3-5-9-16(13)11-15(14(17)18)8-6-10-19-12-15/h13H,2-12H2,1H3,(H,17,18). The molecule has 4 heteroatoms. The van der Waals surface area contributed by atoms with Crippen LogP contribution in [0.4, 0.5) is 0 Å². The minimum atomic E-state index is -0.675. The van der Waals surface area contributed by atoms with Crippen LogP contribution in [0.2, 0.25) is 0 Å². The number of likely N-dealkylation sites (tertiary alicyclic amines) is 1. The Kier molecular flexibility index (Phi) is 5.22. The molecule has 2 rings (SSSR count). The minimum absolute atomic E-state index is 0.384. The van der Waals surface area contributed by atoms with Crippen LogP contribution in [0.1, 0.15) is 51.9 Å². The summed E-state index contributed by atoms with van der Waals surface area (Å²) in [6.07, 6.45) is 7.73. The summed E-state index contributed by atoms with van der Waals surface area (Å²) in [6, 6.07) is 0.556. The number of ether oxygens (including phenoxy) is 1. The van der Waals surface area contributed by atoms with Gasteiger partial charge in [-0.15, -0.1) is 0 Å². The largest absolute Gasteiger partial charge is 0.481 e. The van der Waals surface area contributed by atoms with E-state index < -0.39 is 11.4 Å². The zero-order chi connectivity index (χ0) is 13.7. The monoisotopic (exact) mass is 269 g/mol. The molecule has 110 valence electrons. The summed E-state index contributed by atoms with van der Waals surface area (Å²) in [7, 11) is 0. The van der Waals surface area contributed by atoms with Gasteiger partial charge in [-0.05, 0) is 38.6 Å². The van der Waals surface area contributed by atoms with Gasteiger partial charge in [0.05, 0.1) is 6.61 Å². The van der Waals surface area contributed by atoms with Crippen molar-refractivity contribution in [1.29, 1.82) is 0 Å². The molecule has 19 heavy (non-hydrogen) atoms. The number of aliphatic carboxylic acids is 1. The Morgan fingerprint density at radius 3 is 2.84 bits per heavy atom. The Hall–Kier alpha value is -0.610. The van der Waals surface area contributed by atoms with Gasteiger partial charge in [0.1, 0.15) is 5.41 Å². The number of hydrogen-bond donors (Lipinski definition) is 1. The van der Waals surface area contributed by atoms with Crippen molar-refractivity contribution in [1.82, 2.24) is 4.90 Å². The van der Waals surface area contributed by atoms with Crippen molar-refractivity contribution in [3.05, 3.63) is 0 Å². The van der Waals surface area contributed by atoms with Crippen LogP contribution in [0.3, 0.4) is 0 Å². The molecule has 2 atom stereocenters. The zero-order valence-electron chi connectivity index (χ0n) is 12.1. The molecule has 2 saturated heterocycles. The number of nitrogens with zero attached hydrogens (tertiary/aromatic N) is 1. The third-order valence-corrected chi connectivity index (χ3v) is 4.75. The van der Waals surface area contributed by atoms with Gasteiger partial charge in [-0.25, -0.2) is 0 Å². The van der Waals surface area contributed by atoms with Gasteiger partial charge in [-0.2, -0.15) is 0 Å². The molecule has 0 amide bonds. The van der Waals surface area contributed by atoms with E-state index in [9.17, 15) is 9.90 Å². The predicted octanol–water partition coefficient (Wildman–Crippen LogP) is 2.52. The highest BCUT2D eigenvalue weighted by Gasteiger charge is 2.43. The number of rotatable bonds is 4. The lowest BCUT2D eigenvalue weighted by Crippen LogP contribution is -2.51. The second-order valence-corrected chi connectivity index (χ2v) is 6.12. The van der Waals surface area contributed by atoms with E-state index in [-0.39, 0.29) is 0 Å². The molecule has 2 aliphatic rings. The van der Waals surface area contributed by atoms with Gasteiger partial charge in [0.25, 0.3) is 0 Å². The van der Waals surface area contributed by atoms with Gasteiger partial charge in [-0.1, -0.05) is 19.8 Å². The highest BCUT2D eigenvalue weighted by atomic mass is 16.5. The van der Waals surface area contributed by atoms with Crippen LogP contribution >= 0.6 is 0 Å². The number of hydrogen-bond acceptors (Lipinski definition) is 3. The van der Waals surface area contributed by atoms with E-state index >= 15 is 0 Å². The molecule has 2 aliphatic heterocycles. The molecule has 2 heterocycles. The van der Waals surface area contributed by atoms with E-state index in [0.717, 1.165) is 25.8 Å². The van der Waals surface area contributed by atoms with Crippen molar-refractivity contribution in [3.8, 4) is 0 Å². The Bertz CT molecular complexity index is 300. The third-order valence-electron chi connectivity index (χ3n) is 4.75.